The van der Waals surface area contributed by atoms with Gasteiger partial charge in [0.05, 0.1) is 6.61 Å². The third-order valence-corrected chi connectivity index (χ3v) is 3.44. The van der Waals surface area contributed by atoms with E-state index in [0.29, 0.717) is 17.6 Å². The van der Waals surface area contributed by atoms with Crippen molar-refractivity contribution >= 4 is 5.57 Å². The van der Waals surface area contributed by atoms with Gasteiger partial charge in [0.25, 0.3) is 0 Å². The molecule has 0 heterocycles. The lowest BCUT2D eigenvalue weighted by molar-refractivity contribution is -0.403. The first-order chi connectivity index (χ1) is 10.9. The summed E-state index contributed by atoms with van der Waals surface area (Å²) >= 11 is 0. The smallest absolute Gasteiger partial charge is 0.346 e. The molecule has 0 saturated heterocycles. The maximum absolute atomic E-state index is 13.8. The van der Waals surface area contributed by atoms with Crippen molar-refractivity contribution in [3.05, 3.63) is 53.9 Å². The lowest BCUT2D eigenvalue weighted by Gasteiger charge is -2.33. The molecule has 1 aromatic carbocycles. The van der Waals surface area contributed by atoms with Crippen molar-refractivity contribution in [3.8, 4) is 0 Å². The summed E-state index contributed by atoms with van der Waals surface area (Å²) in [7, 11) is 0. The van der Waals surface area contributed by atoms with Crippen molar-refractivity contribution in [1.29, 1.82) is 0 Å². The average Bonchev–Trinajstić information content (AvgIpc) is 2.47. The minimum atomic E-state index is -4.82. The highest BCUT2D eigenvalue weighted by molar-refractivity contribution is 5.75. The lowest BCUT2D eigenvalue weighted by Crippen LogP contribution is -2.40. The van der Waals surface area contributed by atoms with Crippen LogP contribution in [-0.2, 0) is 9.47 Å². The highest BCUT2D eigenvalue weighted by atomic mass is 19.4. The third-order valence-electron chi connectivity index (χ3n) is 3.44. The van der Waals surface area contributed by atoms with Gasteiger partial charge in [0.15, 0.2) is 0 Å². The Morgan fingerprint density at radius 2 is 1.96 bits per heavy atom. The number of halogens is 4. The maximum Gasteiger partial charge on any atom is 0.525 e. The van der Waals surface area contributed by atoms with Gasteiger partial charge in [-0.05, 0) is 24.1 Å². The Morgan fingerprint density at radius 1 is 1.22 bits per heavy atom. The monoisotopic (exact) mass is 330 g/mol. The quantitative estimate of drug-likeness (QED) is 0.404. The van der Waals surface area contributed by atoms with Crippen LogP contribution in [0.5, 0.6) is 0 Å². The van der Waals surface area contributed by atoms with Crippen LogP contribution in [0.1, 0.15) is 31.7 Å². The van der Waals surface area contributed by atoms with Crippen molar-refractivity contribution in [3.63, 3.8) is 0 Å². The molecule has 0 spiro atoms. The molecule has 0 bridgehead atoms. The summed E-state index contributed by atoms with van der Waals surface area (Å²) in [5, 5.41) is 0. The Hall–Kier alpha value is -1.66. The van der Waals surface area contributed by atoms with Gasteiger partial charge < -0.3 is 4.74 Å². The van der Waals surface area contributed by atoms with Crippen molar-refractivity contribution in [2.75, 3.05) is 6.61 Å². The maximum atomic E-state index is 13.8. The zero-order valence-corrected chi connectivity index (χ0v) is 12.7. The number of unbranched alkanes of at least 4 members (excludes halogenated alkanes) is 1. The van der Waals surface area contributed by atoms with E-state index in [2.05, 4.69) is 4.74 Å². The van der Waals surface area contributed by atoms with Crippen LogP contribution in [0.25, 0.3) is 5.57 Å². The molecule has 2 nitrogen and oxygen atoms in total. The fourth-order valence-corrected chi connectivity index (χ4v) is 2.30. The van der Waals surface area contributed by atoms with Gasteiger partial charge in [-0.2, -0.15) is 0 Å². The molecule has 23 heavy (non-hydrogen) atoms. The number of hydrogen-bond donors (Lipinski definition) is 0. The zero-order valence-electron chi connectivity index (χ0n) is 12.7. The molecule has 1 aliphatic rings. The van der Waals surface area contributed by atoms with Crippen LogP contribution >= 0.6 is 0 Å². The molecule has 0 aromatic heterocycles. The van der Waals surface area contributed by atoms with Gasteiger partial charge in [0.2, 0.25) is 5.79 Å². The molecule has 0 radical (unpaired) electrons. The molecule has 0 saturated carbocycles. The Balaban J connectivity index is 2.18. The molecule has 1 unspecified atom stereocenters. The second-order valence-corrected chi connectivity index (χ2v) is 5.24. The highest BCUT2D eigenvalue weighted by Crippen LogP contribution is 2.36. The fourth-order valence-electron chi connectivity index (χ4n) is 2.30. The summed E-state index contributed by atoms with van der Waals surface area (Å²) in [6, 6.07) is 6.09. The predicted molar refractivity (Wildman–Crippen MR) is 78.9 cm³/mol. The predicted octanol–water partition coefficient (Wildman–Crippen LogP) is 5.22. The molecule has 2 rings (SSSR count). The molecular formula is C17H18F4O2. The molecule has 0 aliphatic heterocycles. The molecule has 0 fully saturated rings. The third kappa shape index (κ3) is 4.91. The average molecular weight is 330 g/mol. The number of alkyl halides is 3. The number of rotatable bonds is 6. The van der Waals surface area contributed by atoms with Gasteiger partial charge >= 0.3 is 6.36 Å². The second-order valence-electron chi connectivity index (χ2n) is 5.24. The van der Waals surface area contributed by atoms with Crippen molar-refractivity contribution in [2.45, 2.75) is 38.3 Å². The molecule has 1 aromatic rings. The first kappa shape index (κ1) is 17.7. The zero-order chi connectivity index (χ0) is 16.9. The molecular weight excluding hydrogens is 312 g/mol. The van der Waals surface area contributed by atoms with Crippen LogP contribution < -0.4 is 0 Å². The van der Waals surface area contributed by atoms with E-state index in [0.717, 1.165) is 6.42 Å². The van der Waals surface area contributed by atoms with E-state index in [1.165, 1.54) is 24.3 Å². The Morgan fingerprint density at radius 3 is 2.52 bits per heavy atom. The highest BCUT2D eigenvalue weighted by Gasteiger charge is 2.43. The molecule has 1 atom stereocenters. The van der Waals surface area contributed by atoms with Gasteiger partial charge in [-0.3, -0.25) is 4.74 Å². The molecule has 0 amide bonds. The molecule has 6 heteroatoms. The summed E-state index contributed by atoms with van der Waals surface area (Å²) in [4.78, 5) is 0. The van der Waals surface area contributed by atoms with Crippen LogP contribution in [-0.4, -0.2) is 18.8 Å². The summed E-state index contributed by atoms with van der Waals surface area (Å²) in [5.41, 5.74) is 0.835. The Bertz CT molecular complexity index is 593. The van der Waals surface area contributed by atoms with E-state index >= 15 is 0 Å². The minimum Gasteiger partial charge on any atom is -0.346 e. The Labute approximate surface area is 132 Å². The second kappa shape index (κ2) is 7.27. The van der Waals surface area contributed by atoms with E-state index in [4.69, 9.17) is 4.74 Å². The lowest BCUT2D eigenvalue weighted by atomic mass is 9.96. The van der Waals surface area contributed by atoms with Crippen LogP contribution in [0.4, 0.5) is 17.6 Å². The summed E-state index contributed by atoms with van der Waals surface area (Å²) in [6.45, 7) is 2.06. The van der Waals surface area contributed by atoms with Gasteiger partial charge in [-0.15, -0.1) is 13.2 Å². The Kier molecular flexibility index (Phi) is 5.59. The van der Waals surface area contributed by atoms with Crippen LogP contribution in [0.15, 0.2) is 42.5 Å². The first-order valence-corrected chi connectivity index (χ1v) is 7.40. The van der Waals surface area contributed by atoms with Gasteiger partial charge in [-0.1, -0.05) is 43.7 Å². The van der Waals surface area contributed by atoms with E-state index in [9.17, 15) is 17.6 Å². The minimum absolute atomic E-state index is 0.142. The van der Waals surface area contributed by atoms with E-state index in [-0.39, 0.29) is 13.0 Å². The topological polar surface area (TPSA) is 18.5 Å². The number of hydrogen-bond acceptors (Lipinski definition) is 2. The standard InChI is InChI=1S/C17H18F4O2/c1-2-3-12-22-16(23-17(19,20)21)10-8-13(9-11-16)14-6-4-5-7-15(14)18/h4-10H,2-3,11-12H2,1H3. The van der Waals surface area contributed by atoms with Gasteiger partial charge in [0, 0.05) is 12.0 Å². The van der Waals surface area contributed by atoms with Gasteiger partial charge in [0.1, 0.15) is 5.82 Å². The van der Waals surface area contributed by atoms with E-state index in [1.807, 2.05) is 6.92 Å². The summed E-state index contributed by atoms with van der Waals surface area (Å²) in [6.07, 6.45) is 0.562. The van der Waals surface area contributed by atoms with Crippen molar-refractivity contribution in [2.24, 2.45) is 0 Å². The summed E-state index contributed by atoms with van der Waals surface area (Å²) < 4.78 is 61.3. The van der Waals surface area contributed by atoms with E-state index in [1.54, 1.807) is 18.2 Å². The molecule has 126 valence electrons. The first-order valence-electron chi connectivity index (χ1n) is 7.40. The number of allylic oxidation sites excluding steroid dienone is 2. The van der Waals surface area contributed by atoms with Crippen LogP contribution in [0, 0.1) is 5.82 Å². The van der Waals surface area contributed by atoms with Crippen LogP contribution in [0.3, 0.4) is 0 Å². The van der Waals surface area contributed by atoms with Crippen LogP contribution in [0.2, 0.25) is 0 Å². The number of benzene rings is 1. The van der Waals surface area contributed by atoms with Crippen molar-refractivity contribution in [1.82, 2.24) is 0 Å². The normalized spacial score (nSPS) is 21.3. The SMILES string of the molecule is CCCCOC1(OC(F)(F)F)C=CC(c2ccccc2F)=CC1. The van der Waals surface area contributed by atoms with Crippen molar-refractivity contribution < 1.29 is 27.0 Å². The summed E-state index contributed by atoms with van der Waals surface area (Å²) in [5.74, 6) is -2.32. The molecule has 1 aliphatic carbocycles. The van der Waals surface area contributed by atoms with Gasteiger partial charge in [-0.25, -0.2) is 4.39 Å². The number of ether oxygens (including phenoxy) is 2. The molecule has 0 N–H and O–H groups in total. The van der Waals surface area contributed by atoms with E-state index < -0.39 is 18.0 Å². The largest absolute Gasteiger partial charge is 0.525 e. The fraction of sp³-hybridized carbons (Fsp3) is 0.412.